The van der Waals surface area contributed by atoms with E-state index in [1.807, 2.05) is 6.07 Å². The van der Waals surface area contributed by atoms with Crippen LogP contribution in [0.1, 0.15) is 12.5 Å². The molecule has 28 heavy (non-hydrogen) atoms. The number of nitriles is 1. The summed E-state index contributed by atoms with van der Waals surface area (Å²) in [5, 5.41) is 12.4. The zero-order chi connectivity index (χ0) is 20.5. The minimum atomic E-state index is -0.619. The number of para-hydroxylation sites is 1. The van der Waals surface area contributed by atoms with Crippen molar-refractivity contribution < 1.29 is 19.1 Å². The second-order valence-electron chi connectivity index (χ2n) is 5.38. The Bertz CT molecular complexity index is 953. The number of anilines is 1. The molecule has 144 valence electrons. The number of halogens is 2. The monoisotopic (exact) mass is 462 g/mol. The van der Waals surface area contributed by atoms with E-state index in [-0.39, 0.29) is 18.8 Å². The van der Waals surface area contributed by atoms with Crippen molar-refractivity contribution in [3.63, 3.8) is 0 Å². The van der Waals surface area contributed by atoms with Crippen molar-refractivity contribution in [3.8, 4) is 11.8 Å². The van der Waals surface area contributed by atoms with E-state index < -0.39 is 11.9 Å². The summed E-state index contributed by atoms with van der Waals surface area (Å²) in [4.78, 5) is 24.0. The summed E-state index contributed by atoms with van der Waals surface area (Å²) in [5.41, 5.74) is 0.687. The highest BCUT2D eigenvalue weighted by Gasteiger charge is 2.14. The molecule has 0 aliphatic carbocycles. The van der Waals surface area contributed by atoms with Gasteiger partial charge in [-0.1, -0.05) is 39.7 Å². The smallest absolute Gasteiger partial charge is 0.344 e. The van der Waals surface area contributed by atoms with Crippen LogP contribution < -0.4 is 10.1 Å². The molecule has 0 atom stereocenters. The lowest BCUT2D eigenvalue weighted by Crippen LogP contribution is -2.15. The fourth-order valence-electron chi connectivity index (χ4n) is 2.16. The number of esters is 1. The van der Waals surface area contributed by atoms with Crippen LogP contribution in [0.5, 0.6) is 5.75 Å². The number of rotatable bonds is 7. The molecular weight excluding hydrogens is 448 g/mol. The summed E-state index contributed by atoms with van der Waals surface area (Å²) >= 11 is 9.37. The molecule has 2 aromatic carbocycles. The summed E-state index contributed by atoms with van der Waals surface area (Å²) in [5.74, 6) is -0.807. The molecule has 0 heterocycles. The number of hydrogen-bond acceptors (Lipinski definition) is 5. The van der Waals surface area contributed by atoms with Gasteiger partial charge >= 0.3 is 5.97 Å². The molecule has 0 aliphatic heterocycles. The Kier molecular flexibility index (Phi) is 8.05. The third-order valence-corrected chi connectivity index (χ3v) is 4.23. The SMILES string of the molecule is CCOC(=O)COc1ccc(Br)cc1/C=C(\C#N)C(=O)Nc1ccccc1Cl. The van der Waals surface area contributed by atoms with E-state index >= 15 is 0 Å². The Morgan fingerprint density at radius 3 is 2.71 bits per heavy atom. The second kappa shape index (κ2) is 10.5. The Morgan fingerprint density at radius 1 is 1.29 bits per heavy atom. The molecule has 0 radical (unpaired) electrons. The minimum absolute atomic E-state index is 0.154. The molecular formula is C20H16BrClN2O4. The number of carbonyl (C=O) groups excluding carboxylic acids is 2. The minimum Gasteiger partial charge on any atom is -0.481 e. The third-order valence-electron chi connectivity index (χ3n) is 3.41. The summed E-state index contributed by atoms with van der Waals surface area (Å²) in [6.07, 6.45) is 1.37. The maximum Gasteiger partial charge on any atom is 0.344 e. The van der Waals surface area contributed by atoms with Gasteiger partial charge in [0.2, 0.25) is 0 Å². The number of nitrogens with one attached hydrogen (secondary N) is 1. The Balaban J connectivity index is 2.26. The molecule has 6 nitrogen and oxygen atoms in total. The largest absolute Gasteiger partial charge is 0.481 e. The van der Waals surface area contributed by atoms with Gasteiger partial charge in [-0.25, -0.2) is 4.79 Å². The van der Waals surface area contributed by atoms with Gasteiger partial charge in [0.25, 0.3) is 5.91 Å². The molecule has 0 aliphatic rings. The van der Waals surface area contributed by atoms with Crippen LogP contribution in [0, 0.1) is 11.3 Å². The normalized spacial score (nSPS) is 10.7. The topological polar surface area (TPSA) is 88.4 Å². The molecule has 1 N–H and O–H groups in total. The fraction of sp³-hybridized carbons (Fsp3) is 0.150. The number of nitrogens with zero attached hydrogens (tertiary/aromatic N) is 1. The standard InChI is InChI=1S/C20H16BrClN2O4/c1-2-27-19(25)12-28-18-8-7-15(21)10-13(18)9-14(11-23)20(26)24-17-6-4-3-5-16(17)22/h3-10H,2,12H2,1H3,(H,24,26)/b14-9+. The Hall–Kier alpha value is -2.82. The maximum atomic E-state index is 12.5. The summed E-state index contributed by atoms with van der Waals surface area (Å²) in [6, 6.07) is 13.6. The van der Waals surface area contributed by atoms with Gasteiger partial charge in [0.1, 0.15) is 17.4 Å². The second-order valence-corrected chi connectivity index (χ2v) is 6.70. The fourth-order valence-corrected chi connectivity index (χ4v) is 2.72. The van der Waals surface area contributed by atoms with Crippen molar-refractivity contribution in [2.45, 2.75) is 6.92 Å². The van der Waals surface area contributed by atoms with Crippen molar-refractivity contribution >= 4 is 51.2 Å². The lowest BCUT2D eigenvalue weighted by Gasteiger charge is -2.10. The number of ether oxygens (including phenoxy) is 2. The van der Waals surface area contributed by atoms with Crippen molar-refractivity contribution in [1.82, 2.24) is 0 Å². The highest BCUT2D eigenvalue weighted by atomic mass is 79.9. The lowest BCUT2D eigenvalue weighted by molar-refractivity contribution is -0.145. The number of hydrogen-bond donors (Lipinski definition) is 1. The van der Waals surface area contributed by atoms with Crippen molar-refractivity contribution in [2.24, 2.45) is 0 Å². The molecule has 0 fully saturated rings. The quantitative estimate of drug-likeness (QED) is 0.368. The van der Waals surface area contributed by atoms with Gasteiger partial charge in [-0.3, -0.25) is 4.79 Å². The van der Waals surface area contributed by atoms with E-state index in [4.69, 9.17) is 21.1 Å². The predicted molar refractivity (Wildman–Crippen MR) is 110 cm³/mol. The van der Waals surface area contributed by atoms with Crippen molar-refractivity contribution in [2.75, 3.05) is 18.5 Å². The summed E-state index contributed by atoms with van der Waals surface area (Å²) < 4.78 is 11.0. The van der Waals surface area contributed by atoms with E-state index in [2.05, 4.69) is 21.2 Å². The van der Waals surface area contributed by atoms with Crippen LogP contribution in [0.25, 0.3) is 6.08 Å². The molecule has 0 saturated carbocycles. The number of amides is 1. The van der Waals surface area contributed by atoms with E-state index in [0.717, 1.165) is 0 Å². The molecule has 0 aromatic heterocycles. The van der Waals surface area contributed by atoms with Gasteiger partial charge in [-0.05, 0) is 43.3 Å². The zero-order valence-corrected chi connectivity index (χ0v) is 17.2. The molecule has 0 spiro atoms. The third kappa shape index (κ3) is 6.12. The average molecular weight is 464 g/mol. The van der Waals surface area contributed by atoms with Gasteiger partial charge in [-0.15, -0.1) is 0 Å². The van der Waals surface area contributed by atoms with E-state index in [1.54, 1.807) is 49.4 Å². The van der Waals surface area contributed by atoms with Crippen LogP contribution in [0.4, 0.5) is 5.69 Å². The molecule has 0 saturated heterocycles. The van der Waals surface area contributed by atoms with Crippen LogP contribution in [0.3, 0.4) is 0 Å². The first-order chi connectivity index (χ1) is 13.4. The zero-order valence-electron chi connectivity index (χ0n) is 14.9. The van der Waals surface area contributed by atoms with E-state index in [0.29, 0.717) is 26.5 Å². The van der Waals surface area contributed by atoms with Crippen molar-refractivity contribution in [3.05, 3.63) is 63.1 Å². The van der Waals surface area contributed by atoms with Crippen LogP contribution in [0.2, 0.25) is 5.02 Å². The van der Waals surface area contributed by atoms with Crippen LogP contribution >= 0.6 is 27.5 Å². The first kappa shape index (κ1) is 21.5. The molecule has 0 bridgehead atoms. The van der Waals surface area contributed by atoms with Gasteiger partial charge in [-0.2, -0.15) is 5.26 Å². The highest BCUT2D eigenvalue weighted by molar-refractivity contribution is 9.10. The molecule has 0 unspecified atom stereocenters. The first-order valence-electron chi connectivity index (χ1n) is 8.20. The summed E-state index contributed by atoms with van der Waals surface area (Å²) in [6.45, 7) is 1.66. The molecule has 8 heteroatoms. The maximum absolute atomic E-state index is 12.5. The van der Waals surface area contributed by atoms with Crippen LogP contribution in [-0.2, 0) is 14.3 Å². The number of benzene rings is 2. The van der Waals surface area contributed by atoms with Crippen LogP contribution in [-0.4, -0.2) is 25.1 Å². The molecule has 2 rings (SSSR count). The van der Waals surface area contributed by atoms with Crippen molar-refractivity contribution in [1.29, 1.82) is 5.26 Å². The Labute approximate surface area is 175 Å². The van der Waals surface area contributed by atoms with Gasteiger partial charge < -0.3 is 14.8 Å². The van der Waals surface area contributed by atoms with Gasteiger partial charge in [0.05, 0.1) is 17.3 Å². The highest BCUT2D eigenvalue weighted by Crippen LogP contribution is 2.26. The molecule has 2 aromatic rings. The van der Waals surface area contributed by atoms with E-state index in [1.165, 1.54) is 6.08 Å². The van der Waals surface area contributed by atoms with Crippen LogP contribution in [0.15, 0.2) is 52.5 Å². The van der Waals surface area contributed by atoms with E-state index in [9.17, 15) is 14.9 Å². The van der Waals surface area contributed by atoms with Gasteiger partial charge in [0, 0.05) is 10.0 Å². The number of carbonyl (C=O) groups is 2. The summed E-state index contributed by atoms with van der Waals surface area (Å²) in [7, 11) is 0. The van der Waals surface area contributed by atoms with Gasteiger partial charge in [0.15, 0.2) is 6.61 Å². The predicted octanol–water partition coefficient (Wildman–Crippen LogP) is 4.59. The first-order valence-corrected chi connectivity index (χ1v) is 9.37. The average Bonchev–Trinajstić information content (AvgIpc) is 2.67. The lowest BCUT2D eigenvalue weighted by atomic mass is 10.1. The Morgan fingerprint density at radius 2 is 2.04 bits per heavy atom. The molecule has 1 amide bonds.